The summed E-state index contributed by atoms with van der Waals surface area (Å²) in [7, 11) is 0. The highest BCUT2D eigenvalue weighted by molar-refractivity contribution is 5.99. The van der Waals surface area contributed by atoms with Gasteiger partial charge in [-0.3, -0.25) is 9.69 Å². The van der Waals surface area contributed by atoms with Gasteiger partial charge in [0.05, 0.1) is 5.56 Å². The van der Waals surface area contributed by atoms with E-state index in [1.165, 1.54) is 37.8 Å². The number of hydrogen-bond acceptors (Lipinski definition) is 4. The lowest BCUT2D eigenvalue weighted by Gasteiger charge is -2.38. The zero-order valence-corrected chi connectivity index (χ0v) is 12.3. The standard InChI is InChI=1S/C16H23N3O2/c17-15-6-5-13(20)11-14(15)16(21)19-9-7-18(8-10-19)12-3-1-2-4-12/h5-6,11-12,20H,1-4,7-10,17H2. The highest BCUT2D eigenvalue weighted by atomic mass is 16.3. The van der Waals surface area contributed by atoms with E-state index < -0.39 is 0 Å². The summed E-state index contributed by atoms with van der Waals surface area (Å²) in [6.07, 6.45) is 5.27. The van der Waals surface area contributed by atoms with Crippen LogP contribution in [0.5, 0.6) is 5.75 Å². The number of piperazine rings is 1. The van der Waals surface area contributed by atoms with E-state index in [2.05, 4.69) is 4.90 Å². The lowest BCUT2D eigenvalue weighted by atomic mass is 10.1. The first kappa shape index (κ1) is 14.2. The molecule has 0 unspecified atom stereocenters. The van der Waals surface area contributed by atoms with E-state index >= 15 is 0 Å². The van der Waals surface area contributed by atoms with Crippen LogP contribution in [0.15, 0.2) is 18.2 Å². The topological polar surface area (TPSA) is 69.8 Å². The van der Waals surface area contributed by atoms with Crippen LogP contribution >= 0.6 is 0 Å². The van der Waals surface area contributed by atoms with Crippen molar-refractivity contribution in [3.05, 3.63) is 23.8 Å². The molecule has 21 heavy (non-hydrogen) atoms. The monoisotopic (exact) mass is 289 g/mol. The summed E-state index contributed by atoms with van der Waals surface area (Å²) in [5.41, 5.74) is 6.69. The molecule has 0 bridgehead atoms. The smallest absolute Gasteiger partial charge is 0.256 e. The molecule has 1 amide bonds. The summed E-state index contributed by atoms with van der Waals surface area (Å²) in [5.74, 6) is 0.00612. The van der Waals surface area contributed by atoms with Crippen molar-refractivity contribution in [1.82, 2.24) is 9.80 Å². The van der Waals surface area contributed by atoms with E-state index in [9.17, 15) is 9.90 Å². The number of benzene rings is 1. The lowest BCUT2D eigenvalue weighted by molar-refractivity contribution is 0.0574. The number of hydrogen-bond donors (Lipinski definition) is 2. The van der Waals surface area contributed by atoms with Gasteiger partial charge in [-0.25, -0.2) is 0 Å². The molecule has 1 aromatic rings. The minimum absolute atomic E-state index is 0.0746. The number of phenolic OH excluding ortho intramolecular Hbond substituents is 1. The molecule has 0 radical (unpaired) electrons. The van der Waals surface area contributed by atoms with Crippen LogP contribution in [-0.4, -0.2) is 53.0 Å². The lowest BCUT2D eigenvalue weighted by Crippen LogP contribution is -2.51. The van der Waals surface area contributed by atoms with Crippen LogP contribution < -0.4 is 5.73 Å². The number of anilines is 1. The van der Waals surface area contributed by atoms with E-state index in [-0.39, 0.29) is 11.7 Å². The fraction of sp³-hybridized carbons (Fsp3) is 0.562. The van der Waals surface area contributed by atoms with Gasteiger partial charge in [0.15, 0.2) is 0 Å². The molecule has 1 saturated carbocycles. The third kappa shape index (κ3) is 2.97. The zero-order valence-electron chi connectivity index (χ0n) is 12.3. The van der Waals surface area contributed by atoms with Gasteiger partial charge in [-0.15, -0.1) is 0 Å². The van der Waals surface area contributed by atoms with Crippen molar-refractivity contribution < 1.29 is 9.90 Å². The van der Waals surface area contributed by atoms with Crippen LogP contribution in [0.2, 0.25) is 0 Å². The van der Waals surface area contributed by atoms with Gasteiger partial charge in [0, 0.05) is 37.9 Å². The van der Waals surface area contributed by atoms with Gasteiger partial charge in [0.25, 0.3) is 5.91 Å². The Labute approximate surface area is 125 Å². The summed E-state index contributed by atoms with van der Waals surface area (Å²) in [5, 5.41) is 9.54. The first-order chi connectivity index (χ1) is 10.1. The molecule has 1 aliphatic heterocycles. The second-order valence-electron chi connectivity index (χ2n) is 6.04. The van der Waals surface area contributed by atoms with Crippen LogP contribution in [-0.2, 0) is 0 Å². The molecule has 5 nitrogen and oxygen atoms in total. The van der Waals surface area contributed by atoms with Gasteiger partial charge in [0.1, 0.15) is 5.75 Å². The molecule has 114 valence electrons. The van der Waals surface area contributed by atoms with Gasteiger partial charge in [0.2, 0.25) is 0 Å². The summed E-state index contributed by atoms with van der Waals surface area (Å²) in [6.45, 7) is 3.36. The number of rotatable bonds is 2. The predicted octanol–water partition coefficient (Wildman–Crippen LogP) is 1.67. The Morgan fingerprint density at radius 2 is 1.81 bits per heavy atom. The molecule has 0 spiro atoms. The van der Waals surface area contributed by atoms with Crippen molar-refractivity contribution in [2.45, 2.75) is 31.7 Å². The van der Waals surface area contributed by atoms with E-state index in [4.69, 9.17) is 5.73 Å². The fourth-order valence-electron chi connectivity index (χ4n) is 3.46. The van der Waals surface area contributed by atoms with Crippen molar-refractivity contribution in [3.63, 3.8) is 0 Å². The van der Waals surface area contributed by atoms with E-state index in [1.807, 2.05) is 4.90 Å². The highest BCUT2D eigenvalue weighted by Crippen LogP contribution is 2.25. The van der Waals surface area contributed by atoms with Crippen molar-refractivity contribution >= 4 is 11.6 Å². The normalized spacial score (nSPS) is 20.9. The molecule has 1 aliphatic carbocycles. The molecule has 3 N–H and O–H groups in total. The maximum Gasteiger partial charge on any atom is 0.256 e. The Hall–Kier alpha value is -1.75. The van der Waals surface area contributed by atoms with E-state index in [1.54, 1.807) is 6.07 Å². The fourth-order valence-corrected chi connectivity index (χ4v) is 3.46. The number of amides is 1. The highest BCUT2D eigenvalue weighted by Gasteiger charge is 2.28. The number of nitrogens with zero attached hydrogens (tertiary/aromatic N) is 2. The van der Waals surface area contributed by atoms with Crippen molar-refractivity contribution in [2.75, 3.05) is 31.9 Å². The van der Waals surface area contributed by atoms with Gasteiger partial charge < -0.3 is 15.7 Å². The Kier molecular flexibility index (Phi) is 4.01. The van der Waals surface area contributed by atoms with Gasteiger partial charge in [-0.1, -0.05) is 12.8 Å². The third-order valence-corrected chi connectivity index (χ3v) is 4.71. The largest absolute Gasteiger partial charge is 0.508 e. The first-order valence-corrected chi connectivity index (χ1v) is 7.77. The molecule has 0 atom stereocenters. The molecular formula is C16H23N3O2. The predicted molar refractivity (Wildman–Crippen MR) is 82.3 cm³/mol. The first-order valence-electron chi connectivity index (χ1n) is 7.77. The average Bonchev–Trinajstić information content (AvgIpc) is 3.03. The molecule has 1 heterocycles. The van der Waals surface area contributed by atoms with Gasteiger partial charge >= 0.3 is 0 Å². The van der Waals surface area contributed by atoms with Crippen LogP contribution in [0.25, 0.3) is 0 Å². The molecule has 0 aromatic heterocycles. The summed E-state index contributed by atoms with van der Waals surface area (Å²) < 4.78 is 0. The van der Waals surface area contributed by atoms with Gasteiger partial charge in [-0.2, -0.15) is 0 Å². The van der Waals surface area contributed by atoms with Crippen LogP contribution in [0.4, 0.5) is 5.69 Å². The summed E-state index contributed by atoms with van der Waals surface area (Å²) >= 11 is 0. The maximum atomic E-state index is 12.5. The Morgan fingerprint density at radius 1 is 1.14 bits per heavy atom. The van der Waals surface area contributed by atoms with Gasteiger partial charge in [-0.05, 0) is 31.0 Å². The van der Waals surface area contributed by atoms with Crippen LogP contribution in [0, 0.1) is 0 Å². The number of carbonyl (C=O) groups excluding carboxylic acids is 1. The zero-order chi connectivity index (χ0) is 14.8. The average molecular weight is 289 g/mol. The molecule has 2 fully saturated rings. The number of phenols is 1. The second kappa shape index (κ2) is 5.93. The number of aromatic hydroxyl groups is 1. The van der Waals surface area contributed by atoms with Crippen molar-refractivity contribution in [3.8, 4) is 5.75 Å². The third-order valence-electron chi connectivity index (χ3n) is 4.71. The summed E-state index contributed by atoms with van der Waals surface area (Å²) in [6, 6.07) is 5.26. The van der Waals surface area contributed by atoms with Crippen molar-refractivity contribution in [1.29, 1.82) is 0 Å². The molecule has 1 saturated heterocycles. The Balaban J connectivity index is 1.63. The molecule has 5 heteroatoms. The molecule has 2 aliphatic rings. The molecule has 1 aromatic carbocycles. The van der Waals surface area contributed by atoms with Crippen LogP contribution in [0.3, 0.4) is 0 Å². The minimum atomic E-state index is -0.0746. The Bertz CT molecular complexity index is 518. The van der Waals surface area contributed by atoms with E-state index in [0.717, 1.165) is 26.2 Å². The maximum absolute atomic E-state index is 12.5. The quantitative estimate of drug-likeness (QED) is 0.642. The van der Waals surface area contributed by atoms with Crippen LogP contribution in [0.1, 0.15) is 36.0 Å². The summed E-state index contributed by atoms with van der Waals surface area (Å²) in [4.78, 5) is 16.9. The SMILES string of the molecule is Nc1ccc(O)cc1C(=O)N1CCN(C2CCCC2)CC1. The minimum Gasteiger partial charge on any atom is -0.508 e. The number of nitrogens with two attached hydrogens (primary N) is 1. The van der Waals surface area contributed by atoms with Crippen molar-refractivity contribution in [2.24, 2.45) is 0 Å². The number of nitrogen functional groups attached to an aromatic ring is 1. The van der Waals surface area contributed by atoms with E-state index in [0.29, 0.717) is 17.3 Å². The number of carbonyl (C=O) groups is 1. The second-order valence-corrected chi connectivity index (χ2v) is 6.04. The molecular weight excluding hydrogens is 266 g/mol. The molecule has 3 rings (SSSR count). The Morgan fingerprint density at radius 3 is 2.48 bits per heavy atom.